The van der Waals surface area contributed by atoms with Crippen LogP contribution in [0.25, 0.3) is 0 Å². The predicted octanol–water partition coefficient (Wildman–Crippen LogP) is 3.66. The van der Waals surface area contributed by atoms with Crippen LogP contribution in [-0.4, -0.2) is 29.3 Å². The number of hydrogen-bond acceptors (Lipinski definition) is 2. The molecular weight excluding hydrogens is 336 g/mol. The minimum absolute atomic E-state index is 0.00325. The maximum atomic E-state index is 12.7. The van der Waals surface area contributed by atoms with Crippen molar-refractivity contribution in [2.24, 2.45) is 0 Å². The number of carbonyl (C=O) groups is 2. The maximum absolute atomic E-state index is 12.7. The molecule has 0 saturated heterocycles. The van der Waals surface area contributed by atoms with E-state index in [1.807, 2.05) is 48.2 Å². The zero-order valence-electron chi connectivity index (χ0n) is 16.2. The Bertz CT molecular complexity index is 788. The quantitative estimate of drug-likeness (QED) is 0.850. The summed E-state index contributed by atoms with van der Waals surface area (Å²) in [5, 5.41) is 3.11. The Balaban J connectivity index is 1.60. The molecule has 2 aromatic rings. The molecule has 2 aromatic carbocycles. The van der Waals surface area contributed by atoms with Crippen LogP contribution in [0.3, 0.4) is 0 Å². The van der Waals surface area contributed by atoms with Gasteiger partial charge in [0, 0.05) is 19.5 Å². The van der Waals surface area contributed by atoms with Crippen LogP contribution in [0.15, 0.2) is 54.6 Å². The predicted molar refractivity (Wildman–Crippen MR) is 107 cm³/mol. The van der Waals surface area contributed by atoms with Gasteiger partial charge >= 0.3 is 0 Å². The molecule has 4 nitrogen and oxygen atoms in total. The molecule has 2 atom stereocenters. The molecule has 0 aliphatic carbocycles. The molecule has 1 heterocycles. The number of amides is 2. The third-order valence-corrected chi connectivity index (χ3v) is 5.31. The average Bonchev–Trinajstić information content (AvgIpc) is 2.67. The fourth-order valence-corrected chi connectivity index (χ4v) is 3.86. The van der Waals surface area contributed by atoms with Crippen LogP contribution in [-0.2, 0) is 22.4 Å². The largest absolute Gasteiger partial charge is 0.354 e. The summed E-state index contributed by atoms with van der Waals surface area (Å²) < 4.78 is 0. The Morgan fingerprint density at radius 1 is 1.11 bits per heavy atom. The highest BCUT2D eigenvalue weighted by molar-refractivity contribution is 5.79. The number of hydrogen-bond donors (Lipinski definition) is 1. The van der Waals surface area contributed by atoms with Crippen molar-refractivity contribution in [2.75, 3.05) is 6.54 Å². The van der Waals surface area contributed by atoms with Gasteiger partial charge in [-0.05, 0) is 42.9 Å². The fourth-order valence-electron chi connectivity index (χ4n) is 3.86. The van der Waals surface area contributed by atoms with E-state index in [4.69, 9.17) is 0 Å². The third kappa shape index (κ3) is 4.97. The van der Waals surface area contributed by atoms with Gasteiger partial charge in [-0.1, -0.05) is 54.6 Å². The van der Waals surface area contributed by atoms with Crippen LogP contribution >= 0.6 is 0 Å². The molecule has 1 aliphatic rings. The van der Waals surface area contributed by atoms with Gasteiger partial charge in [-0.25, -0.2) is 0 Å². The highest BCUT2D eigenvalue weighted by atomic mass is 16.2. The van der Waals surface area contributed by atoms with E-state index < -0.39 is 0 Å². The Labute approximate surface area is 161 Å². The van der Waals surface area contributed by atoms with Crippen molar-refractivity contribution in [2.45, 2.75) is 51.6 Å². The lowest BCUT2D eigenvalue weighted by molar-refractivity contribution is -0.133. The van der Waals surface area contributed by atoms with E-state index in [9.17, 15) is 9.59 Å². The van der Waals surface area contributed by atoms with E-state index in [0.29, 0.717) is 13.0 Å². The molecular formula is C23H28N2O2. The standard InChI is InChI=1S/C23H28N2O2/c1-17(12-13-19-8-4-3-5-9-19)24-23(27)16-22-21-11-7-6-10-20(21)14-15-25(22)18(2)26/h3-11,17,22H,12-16H2,1-2H3,(H,24,27). The van der Waals surface area contributed by atoms with Crippen LogP contribution in [0.2, 0.25) is 0 Å². The van der Waals surface area contributed by atoms with Crippen LogP contribution < -0.4 is 5.32 Å². The molecule has 3 rings (SSSR count). The van der Waals surface area contributed by atoms with Crippen LogP contribution in [0.5, 0.6) is 0 Å². The summed E-state index contributed by atoms with van der Waals surface area (Å²) in [4.78, 5) is 26.6. The van der Waals surface area contributed by atoms with E-state index in [1.54, 1.807) is 6.92 Å². The van der Waals surface area contributed by atoms with Crippen LogP contribution in [0.1, 0.15) is 49.4 Å². The van der Waals surface area contributed by atoms with Gasteiger partial charge in [0.15, 0.2) is 0 Å². The molecule has 1 aliphatic heterocycles. The third-order valence-electron chi connectivity index (χ3n) is 5.31. The minimum atomic E-state index is -0.172. The highest BCUT2D eigenvalue weighted by Gasteiger charge is 2.30. The summed E-state index contributed by atoms with van der Waals surface area (Å²) in [7, 11) is 0. The number of benzene rings is 2. The molecule has 27 heavy (non-hydrogen) atoms. The lowest BCUT2D eigenvalue weighted by atomic mass is 9.90. The number of nitrogens with zero attached hydrogens (tertiary/aromatic N) is 1. The topological polar surface area (TPSA) is 49.4 Å². The maximum Gasteiger partial charge on any atom is 0.222 e. The second-order valence-corrected chi connectivity index (χ2v) is 7.37. The summed E-state index contributed by atoms with van der Waals surface area (Å²) >= 11 is 0. The summed E-state index contributed by atoms with van der Waals surface area (Å²) in [5.41, 5.74) is 3.62. The number of nitrogens with one attached hydrogen (secondary N) is 1. The molecule has 2 amide bonds. The molecule has 0 radical (unpaired) electrons. The van der Waals surface area contributed by atoms with Crippen LogP contribution in [0.4, 0.5) is 0 Å². The van der Waals surface area contributed by atoms with E-state index in [1.165, 1.54) is 11.1 Å². The van der Waals surface area contributed by atoms with E-state index in [2.05, 4.69) is 23.5 Å². The Kier molecular flexibility index (Phi) is 6.28. The normalized spacial score (nSPS) is 17.1. The molecule has 4 heteroatoms. The molecule has 142 valence electrons. The second-order valence-electron chi connectivity index (χ2n) is 7.37. The molecule has 0 aromatic heterocycles. The number of aryl methyl sites for hydroxylation is 1. The van der Waals surface area contributed by atoms with Crippen molar-refractivity contribution in [3.63, 3.8) is 0 Å². The Hall–Kier alpha value is -2.62. The highest BCUT2D eigenvalue weighted by Crippen LogP contribution is 2.32. The number of fused-ring (bicyclic) bond motifs is 1. The first-order valence-corrected chi connectivity index (χ1v) is 9.73. The first kappa shape index (κ1) is 19.2. The van der Waals surface area contributed by atoms with Gasteiger partial charge in [0.25, 0.3) is 0 Å². The molecule has 0 bridgehead atoms. The van der Waals surface area contributed by atoms with Gasteiger partial charge in [0.05, 0.1) is 12.5 Å². The van der Waals surface area contributed by atoms with Gasteiger partial charge in [-0.2, -0.15) is 0 Å². The number of carbonyl (C=O) groups excluding carboxylic acids is 2. The zero-order chi connectivity index (χ0) is 19.2. The summed E-state index contributed by atoms with van der Waals surface area (Å²) in [6.07, 6.45) is 3.00. The summed E-state index contributed by atoms with van der Waals surface area (Å²) in [5.74, 6) is 0.0305. The summed E-state index contributed by atoms with van der Waals surface area (Å²) in [6.45, 7) is 4.30. The van der Waals surface area contributed by atoms with Gasteiger partial charge in [0.1, 0.15) is 0 Å². The van der Waals surface area contributed by atoms with Crippen molar-refractivity contribution < 1.29 is 9.59 Å². The van der Waals surface area contributed by atoms with Gasteiger partial charge in [-0.15, -0.1) is 0 Å². The van der Waals surface area contributed by atoms with Crippen molar-refractivity contribution in [1.82, 2.24) is 10.2 Å². The molecule has 0 saturated carbocycles. The van der Waals surface area contributed by atoms with Gasteiger partial charge in [0.2, 0.25) is 11.8 Å². The Morgan fingerprint density at radius 2 is 1.81 bits per heavy atom. The fraction of sp³-hybridized carbons (Fsp3) is 0.391. The minimum Gasteiger partial charge on any atom is -0.354 e. The van der Waals surface area contributed by atoms with Gasteiger partial charge < -0.3 is 10.2 Å². The van der Waals surface area contributed by atoms with Crippen molar-refractivity contribution in [3.8, 4) is 0 Å². The molecule has 0 fully saturated rings. The molecule has 0 spiro atoms. The Morgan fingerprint density at radius 3 is 2.56 bits per heavy atom. The smallest absolute Gasteiger partial charge is 0.222 e. The summed E-state index contributed by atoms with van der Waals surface area (Å²) in [6, 6.07) is 18.4. The van der Waals surface area contributed by atoms with Crippen molar-refractivity contribution in [1.29, 1.82) is 0 Å². The average molecular weight is 364 g/mol. The second kappa shape index (κ2) is 8.85. The molecule has 1 N–H and O–H groups in total. The SMILES string of the molecule is CC(=O)N1CCc2ccccc2C1CC(=O)NC(C)CCc1ccccc1. The lowest BCUT2D eigenvalue weighted by Gasteiger charge is -2.36. The first-order valence-electron chi connectivity index (χ1n) is 9.73. The first-order chi connectivity index (χ1) is 13.0. The van der Waals surface area contributed by atoms with Gasteiger partial charge in [-0.3, -0.25) is 9.59 Å². The van der Waals surface area contributed by atoms with Crippen molar-refractivity contribution >= 4 is 11.8 Å². The van der Waals surface area contributed by atoms with E-state index >= 15 is 0 Å². The van der Waals surface area contributed by atoms with E-state index in [0.717, 1.165) is 24.8 Å². The zero-order valence-corrected chi connectivity index (χ0v) is 16.2. The number of rotatable bonds is 6. The van der Waals surface area contributed by atoms with Crippen LogP contribution in [0, 0.1) is 0 Å². The van der Waals surface area contributed by atoms with E-state index in [-0.39, 0.29) is 23.9 Å². The monoisotopic (exact) mass is 364 g/mol. The van der Waals surface area contributed by atoms with Crippen molar-refractivity contribution in [3.05, 3.63) is 71.3 Å². The lowest BCUT2D eigenvalue weighted by Crippen LogP contribution is -2.42. The molecule has 2 unspecified atom stereocenters.